The second-order valence-corrected chi connectivity index (χ2v) is 9.25. The van der Waals surface area contributed by atoms with Gasteiger partial charge in [-0.3, -0.25) is 0 Å². The van der Waals surface area contributed by atoms with Crippen LogP contribution in [0.3, 0.4) is 0 Å². The number of hydrogen-bond donors (Lipinski definition) is 1. The molecular formula is C17H22N2O5S2. The average Bonchev–Trinajstić information content (AvgIpc) is 3.21. The zero-order valence-corrected chi connectivity index (χ0v) is 16.2. The van der Waals surface area contributed by atoms with Gasteiger partial charge in [-0.2, -0.15) is 0 Å². The molecule has 26 heavy (non-hydrogen) atoms. The molecule has 1 aliphatic rings. The van der Waals surface area contributed by atoms with E-state index in [4.69, 9.17) is 9.26 Å². The zero-order chi connectivity index (χ0) is 18.6. The standard InChI is InChI=1S/C17H22N2O5S2/c1-2-23-17(20)13-11-14(24-18-13)15-9-10-16(25-15)26(21,22)19-12-7-5-3-4-6-8-12/h9-12,19H,2-8H2,1H3. The van der Waals surface area contributed by atoms with Crippen LogP contribution in [0, 0.1) is 0 Å². The highest BCUT2D eigenvalue weighted by Gasteiger charge is 2.24. The third-order valence-electron chi connectivity index (χ3n) is 4.26. The van der Waals surface area contributed by atoms with Gasteiger partial charge in [0.05, 0.1) is 11.5 Å². The van der Waals surface area contributed by atoms with E-state index in [1.807, 2.05) is 0 Å². The molecule has 1 fully saturated rings. The molecule has 1 aliphatic carbocycles. The Bertz CT molecular complexity index is 848. The molecule has 1 N–H and O–H groups in total. The molecule has 0 aromatic carbocycles. The number of nitrogens with one attached hydrogen (secondary N) is 1. The maximum atomic E-state index is 12.6. The van der Waals surface area contributed by atoms with Gasteiger partial charge < -0.3 is 9.26 Å². The lowest BCUT2D eigenvalue weighted by Crippen LogP contribution is -2.33. The number of rotatable bonds is 6. The molecular weight excluding hydrogens is 376 g/mol. The molecule has 7 nitrogen and oxygen atoms in total. The van der Waals surface area contributed by atoms with E-state index in [9.17, 15) is 13.2 Å². The number of sulfonamides is 1. The molecule has 2 aromatic rings. The van der Waals surface area contributed by atoms with Gasteiger partial charge in [-0.25, -0.2) is 17.9 Å². The second kappa shape index (κ2) is 8.32. The summed E-state index contributed by atoms with van der Waals surface area (Å²) < 4.78 is 38.3. The molecule has 0 bridgehead atoms. The van der Waals surface area contributed by atoms with E-state index in [2.05, 4.69) is 9.88 Å². The summed E-state index contributed by atoms with van der Waals surface area (Å²) in [4.78, 5) is 12.2. The van der Waals surface area contributed by atoms with Crippen LogP contribution >= 0.6 is 11.3 Å². The van der Waals surface area contributed by atoms with Crippen LogP contribution in [0.25, 0.3) is 10.6 Å². The Morgan fingerprint density at radius 2 is 2.04 bits per heavy atom. The largest absolute Gasteiger partial charge is 0.461 e. The van der Waals surface area contributed by atoms with Crippen molar-refractivity contribution in [3.8, 4) is 10.6 Å². The number of hydrogen-bond acceptors (Lipinski definition) is 7. The molecule has 0 radical (unpaired) electrons. The maximum absolute atomic E-state index is 12.6. The van der Waals surface area contributed by atoms with Crippen LogP contribution in [0.5, 0.6) is 0 Å². The van der Waals surface area contributed by atoms with E-state index in [0.717, 1.165) is 49.9 Å². The number of esters is 1. The zero-order valence-electron chi connectivity index (χ0n) is 14.6. The quantitative estimate of drug-likeness (QED) is 0.590. The monoisotopic (exact) mass is 398 g/mol. The number of carbonyl (C=O) groups excluding carboxylic acids is 1. The van der Waals surface area contributed by atoms with Gasteiger partial charge in [-0.05, 0) is 31.9 Å². The van der Waals surface area contributed by atoms with Crippen LogP contribution in [0.1, 0.15) is 55.9 Å². The van der Waals surface area contributed by atoms with E-state index < -0.39 is 16.0 Å². The number of thiophene rings is 1. The lowest BCUT2D eigenvalue weighted by atomic mass is 10.1. The minimum Gasteiger partial charge on any atom is -0.461 e. The molecule has 2 heterocycles. The van der Waals surface area contributed by atoms with Crippen molar-refractivity contribution < 1.29 is 22.5 Å². The van der Waals surface area contributed by atoms with Crippen molar-refractivity contribution in [2.24, 2.45) is 0 Å². The summed E-state index contributed by atoms with van der Waals surface area (Å²) in [5, 5.41) is 3.68. The summed E-state index contributed by atoms with van der Waals surface area (Å²) in [6, 6.07) is 4.65. The van der Waals surface area contributed by atoms with Gasteiger partial charge in [-0.15, -0.1) is 11.3 Å². The summed E-state index contributed by atoms with van der Waals surface area (Å²) in [7, 11) is -3.57. The fourth-order valence-corrected chi connectivity index (χ4v) is 5.54. The minimum absolute atomic E-state index is 0.00579. The molecule has 0 unspecified atom stereocenters. The van der Waals surface area contributed by atoms with Gasteiger partial charge in [-0.1, -0.05) is 30.8 Å². The Morgan fingerprint density at radius 3 is 2.73 bits per heavy atom. The molecule has 1 saturated carbocycles. The van der Waals surface area contributed by atoms with Gasteiger partial charge >= 0.3 is 5.97 Å². The SMILES string of the molecule is CCOC(=O)c1cc(-c2ccc(S(=O)(=O)NC3CCCCCC3)s2)on1. The van der Waals surface area contributed by atoms with E-state index >= 15 is 0 Å². The van der Waals surface area contributed by atoms with E-state index in [1.165, 1.54) is 6.07 Å². The molecule has 9 heteroatoms. The smallest absolute Gasteiger partial charge is 0.360 e. The van der Waals surface area contributed by atoms with Gasteiger partial charge in [0.2, 0.25) is 10.0 Å². The van der Waals surface area contributed by atoms with Crippen LogP contribution in [-0.2, 0) is 14.8 Å². The topological polar surface area (TPSA) is 98.5 Å². The number of carbonyl (C=O) groups is 1. The molecule has 142 valence electrons. The normalized spacial score (nSPS) is 16.3. The van der Waals surface area contributed by atoms with Crippen LogP contribution < -0.4 is 4.72 Å². The van der Waals surface area contributed by atoms with Gasteiger partial charge in [0.15, 0.2) is 11.5 Å². The highest BCUT2D eigenvalue weighted by atomic mass is 32.2. The van der Waals surface area contributed by atoms with Crippen molar-refractivity contribution in [2.75, 3.05) is 6.61 Å². The van der Waals surface area contributed by atoms with Crippen molar-refractivity contribution in [2.45, 2.75) is 55.7 Å². The Balaban J connectivity index is 1.73. The molecule has 0 spiro atoms. The third-order valence-corrected chi connectivity index (χ3v) is 7.37. The van der Waals surface area contributed by atoms with Crippen molar-refractivity contribution in [3.05, 3.63) is 23.9 Å². The van der Waals surface area contributed by atoms with Gasteiger partial charge in [0.25, 0.3) is 0 Å². The summed E-state index contributed by atoms with van der Waals surface area (Å²) in [5.41, 5.74) is 0.0660. The highest BCUT2D eigenvalue weighted by molar-refractivity contribution is 7.91. The Labute approximate surface area is 156 Å². The van der Waals surface area contributed by atoms with Crippen LogP contribution in [0.2, 0.25) is 0 Å². The van der Waals surface area contributed by atoms with Crippen molar-refractivity contribution in [3.63, 3.8) is 0 Å². The summed E-state index contributed by atoms with van der Waals surface area (Å²) in [6.07, 6.45) is 6.19. The van der Waals surface area contributed by atoms with Crippen molar-refractivity contribution in [1.82, 2.24) is 9.88 Å². The lowest BCUT2D eigenvalue weighted by molar-refractivity contribution is 0.0514. The van der Waals surface area contributed by atoms with Crippen LogP contribution in [0.4, 0.5) is 0 Å². The predicted octanol–water partition coefficient (Wildman–Crippen LogP) is 3.58. The first-order valence-corrected chi connectivity index (χ1v) is 11.1. The fraction of sp³-hybridized carbons (Fsp3) is 0.529. The Kier molecular flexibility index (Phi) is 6.10. The van der Waals surface area contributed by atoms with Crippen LogP contribution in [-0.4, -0.2) is 32.2 Å². The molecule has 0 amide bonds. The number of ether oxygens (including phenoxy) is 1. The average molecular weight is 399 g/mol. The van der Waals surface area contributed by atoms with Crippen LogP contribution in [0.15, 0.2) is 26.9 Å². The Morgan fingerprint density at radius 1 is 1.31 bits per heavy atom. The first kappa shape index (κ1) is 19.1. The van der Waals surface area contributed by atoms with E-state index in [-0.39, 0.29) is 22.6 Å². The highest BCUT2D eigenvalue weighted by Crippen LogP contribution is 2.32. The summed E-state index contributed by atoms with van der Waals surface area (Å²) >= 11 is 1.09. The molecule has 2 aromatic heterocycles. The molecule has 0 saturated heterocycles. The van der Waals surface area contributed by atoms with Crippen molar-refractivity contribution in [1.29, 1.82) is 0 Å². The number of aromatic nitrogens is 1. The lowest BCUT2D eigenvalue weighted by Gasteiger charge is -2.15. The third kappa shape index (κ3) is 4.52. The first-order chi connectivity index (χ1) is 12.5. The summed E-state index contributed by atoms with van der Waals surface area (Å²) in [5.74, 6) is -0.226. The predicted molar refractivity (Wildman–Crippen MR) is 97.6 cm³/mol. The molecule has 3 rings (SSSR count). The van der Waals surface area contributed by atoms with Crippen molar-refractivity contribution >= 4 is 27.3 Å². The molecule has 0 atom stereocenters. The van der Waals surface area contributed by atoms with E-state index in [0.29, 0.717) is 10.6 Å². The van der Waals surface area contributed by atoms with Gasteiger partial charge in [0.1, 0.15) is 4.21 Å². The fourth-order valence-electron chi connectivity index (χ4n) is 2.96. The molecule has 0 aliphatic heterocycles. The Hall–Kier alpha value is -1.71. The second-order valence-electron chi connectivity index (χ2n) is 6.23. The number of nitrogens with zero attached hydrogens (tertiary/aromatic N) is 1. The van der Waals surface area contributed by atoms with Gasteiger partial charge in [0, 0.05) is 12.1 Å². The van der Waals surface area contributed by atoms with E-state index in [1.54, 1.807) is 19.1 Å². The summed E-state index contributed by atoms with van der Waals surface area (Å²) in [6.45, 7) is 1.95. The first-order valence-electron chi connectivity index (χ1n) is 8.76. The maximum Gasteiger partial charge on any atom is 0.360 e. The minimum atomic E-state index is -3.57.